The van der Waals surface area contributed by atoms with Gasteiger partial charge < -0.3 is 5.32 Å². The molecule has 0 bridgehead atoms. The Hall–Kier alpha value is -2.76. The summed E-state index contributed by atoms with van der Waals surface area (Å²) in [6.45, 7) is 6.38. The lowest BCUT2D eigenvalue weighted by Gasteiger charge is -2.33. The maximum absolute atomic E-state index is 12.4. The molecule has 1 N–H and O–H groups in total. The smallest absolute Gasteiger partial charge is 0.238 e. The fraction of sp³-hybridized carbons (Fsp3) is 0.304. The molecule has 0 aromatic heterocycles. The Bertz CT molecular complexity index is 825. The molecular formula is C23H27N3O2. The first-order valence-corrected chi connectivity index (χ1v) is 9.68. The molecule has 1 heterocycles. The third-order valence-electron chi connectivity index (χ3n) is 4.89. The standard InChI is InChI=1S/C23H27N3O2/c1-19(27)21-11-5-6-12-22(21)24-23(28)18-26-16-14-25(15-17-26)13-7-10-20-8-3-2-4-9-20/h2-12H,13-18H2,1H3,(H,24,28)/b10-7+. The highest BCUT2D eigenvalue weighted by molar-refractivity contribution is 6.04. The fourth-order valence-corrected chi connectivity index (χ4v) is 3.32. The predicted molar refractivity (Wildman–Crippen MR) is 113 cm³/mol. The van der Waals surface area contributed by atoms with E-state index in [1.54, 1.807) is 18.2 Å². The Morgan fingerprint density at radius 2 is 1.57 bits per heavy atom. The average molecular weight is 377 g/mol. The predicted octanol–water partition coefficient (Wildman–Crippen LogP) is 3.16. The molecule has 0 aliphatic carbocycles. The largest absolute Gasteiger partial charge is 0.324 e. The number of nitrogens with zero attached hydrogens (tertiary/aromatic N) is 2. The zero-order valence-corrected chi connectivity index (χ0v) is 16.3. The van der Waals surface area contributed by atoms with E-state index in [1.165, 1.54) is 12.5 Å². The number of ketones is 1. The molecule has 2 aromatic carbocycles. The molecular weight excluding hydrogens is 350 g/mol. The SMILES string of the molecule is CC(=O)c1ccccc1NC(=O)CN1CCN(C/C=C/c2ccccc2)CC1. The van der Waals surface area contributed by atoms with E-state index in [1.807, 2.05) is 24.3 Å². The summed E-state index contributed by atoms with van der Waals surface area (Å²) < 4.78 is 0. The number of amides is 1. The molecule has 1 fully saturated rings. The Labute approximate surface area is 166 Å². The number of anilines is 1. The zero-order chi connectivity index (χ0) is 19.8. The fourth-order valence-electron chi connectivity index (χ4n) is 3.32. The number of Topliss-reactive ketones (excluding diaryl/α,β-unsaturated/α-hetero) is 1. The average Bonchev–Trinajstić information content (AvgIpc) is 2.70. The van der Waals surface area contributed by atoms with Crippen molar-refractivity contribution < 1.29 is 9.59 Å². The van der Waals surface area contributed by atoms with Crippen LogP contribution in [-0.4, -0.2) is 60.8 Å². The van der Waals surface area contributed by atoms with E-state index in [-0.39, 0.29) is 11.7 Å². The van der Waals surface area contributed by atoms with Crippen molar-refractivity contribution in [2.75, 3.05) is 44.6 Å². The van der Waals surface area contributed by atoms with Crippen molar-refractivity contribution in [2.24, 2.45) is 0 Å². The highest BCUT2D eigenvalue weighted by Gasteiger charge is 2.19. The maximum atomic E-state index is 12.4. The number of nitrogens with one attached hydrogen (secondary N) is 1. The summed E-state index contributed by atoms with van der Waals surface area (Å²) >= 11 is 0. The van der Waals surface area contributed by atoms with Crippen LogP contribution in [0.1, 0.15) is 22.8 Å². The molecule has 0 saturated carbocycles. The monoisotopic (exact) mass is 377 g/mol. The molecule has 0 atom stereocenters. The quantitative estimate of drug-likeness (QED) is 0.753. The van der Waals surface area contributed by atoms with Crippen molar-refractivity contribution >= 4 is 23.5 Å². The number of carbonyl (C=O) groups is 2. The minimum atomic E-state index is -0.0777. The van der Waals surface area contributed by atoms with E-state index in [0.717, 1.165) is 32.7 Å². The Morgan fingerprint density at radius 1 is 0.929 bits per heavy atom. The lowest BCUT2D eigenvalue weighted by Crippen LogP contribution is -2.48. The van der Waals surface area contributed by atoms with E-state index < -0.39 is 0 Å². The summed E-state index contributed by atoms with van der Waals surface area (Å²) in [6.07, 6.45) is 4.34. The molecule has 5 heteroatoms. The van der Waals surface area contributed by atoms with E-state index in [9.17, 15) is 9.59 Å². The maximum Gasteiger partial charge on any atom is 0.238 e. The van der Waals surface area contributed by atoms with Crippen LogP contribution in [0.3, 0.4) is 0 Å². The second-order valence-electron chi connectivity index (χ2n) is 7.04. The molecule has 1 aliphatic heterocycles. The van der Waals surface area contributed by atoms with Crippen LogP contribution >= 0.6 is 0 Å². The van der Waals surface area contributed by atoms with Crippen molar-refractivity contribution in [3.05, 3.63) is 71.8 Å². The summed E-state index contributed by atoms with van der Waals surface area (Å²) in [4.78, 5) is 28.6. The number of hydrogen-bond donors (Lipinski definition) is 1. The van der Waals surface area contributed by atoms with Gasteiger partial charge in [-0.05, 0) is 24.6 Å². The highest BCUT2D eigenvalue weighted by Crippen LogP contribution is 2.15. The zero-order valence-electron chi connectivity index (χ0n) is 16.3. The number of rotatable bonds is 7. The van der Waals surface area contributed by atoms with Gasteiger partial charge in [-0.15, -0.1) is 0 Å². The first kappa shape index (κ1) is 20.0. The van der Waals surface area contributed by atoms with Crippen LogP contribution in [0, 0.1) is 0 Å². The third-order valence-corrected chi connectivity index (χ3v) is 4.89. The molecule has 3 rings (SSSR count). The van der Waals surface area contributed by atoms with Crippen LogP contribution in [0.5, 0.6) is 0 Å². The molecule has 146 valence electrons. The topological polar surface area (TPSA) is 52.7 Å². The molecule has 0 unspecified atom stereocenters. The van der Waals surface area contributed by atoms with Gasteiger partial charge in [0.1, 0.15) is 0 Å². The van der Waals surface area contributed by atoms with Crippen molar-refractivity contribution in [1.29, 1.82) is 0 Å². The van der Waals surface area contributed by atoms with E-state index in [2.05, 4.69) is 39.4 Å². The van der Waals surface area contributed by atoms with Gasteiger partial charge in [0.05, 0.1) is 12.2 Å². The molecule has 0 spiro atoms. The van der Waals surface area contributed by atoms with E-state index in [4.69, 9.17) is 0 Å². The van der Waals surface area contributed by atoms with Crippen LogP contribution in [0.2, 0.25) is 0 Å². The van der Waals surface area contributed by atoms with Crippen LogP contribution in [0.25, 0.3) is 6.08 Å². The Morgan fingerprint density at radius 3 is 2.29 bits per heavy atom. The van der Waals surface area contributed by atoms with Crippen molar-refractivity contribution in [3.63, 3.8) is 0 Å². The summed E-state index contributed by atoms with van der Waals surface area (Å²) in [6, 6.07) is 17.4. The number of hydrogen-bond acceptors (Lipinski definition) is 4. The van der Waals surface area contributed by atoms with Crippen LogP contribution in [0.4, 0.5) is 5.69 Å². The summed E-state index contributed by atoms with van der Waals surface area (Å²) in [5.74, 6) is -0.126. The summed E-state index contributed by atoms with van der Waals surface area (Å²) in [5.41, 5.74) is 2.35. The molecule has 1 aliphatic rings. The first-order valence-electron chi connectivity index (χ1n) is 9.68. The van der Waals surface area contributed by atoms with Gasteiger partial charge in [0.2, 0.25) is 5.91 Å². The minimum absolute atomic E-state index is 0.0481. The third kappa shape index (κ3) is 5.87. The van der Waals surface area contributed by atoms with E-state index >= 15 is 0 Å². The van der Waals surface area contributed by atoms with Gasteiger partial charge in [-0.25, -0.2) is 0 Å². The second kappa shape index (κ2) is 9.97. The molecule has 2 aromatic rings. The molecule has 5 nitrogen and oxygen atoms in total. The lowest BCUT2D eigenvalue weighted by molar-refractivity contribution is -0.117. The van der Waals surface area contributed by atoms with Crippen molar-refractivity contribution in [1.82, 2.24) is 9.80 Å². The van der Waals surface area contributed by atoms with Crippen molar-refractivity contribution in [2.45, 2.75) is 6.92 Å². The van der Waals surface area contributed by atoms with Crippen LogP contribution in [0.15, 0.2) is 60.7 Å². The number of carbonyl (C=O) groups excluding carboxylic acids is 2. The van der Waals surface area contributed by atoms with Gasteiger partial charge in [0.15, 0.2) is 5.78 Å². The molecule has 1 amide bonds. The molecule has 1 saturated heterocycles. The minimum Gasteiger partial charge on any atom is -0.324 e. The number of benzene rings is 2. The highest BCUT2D eigenvalue weighted by atomic mass is 16.2. The van der Waals surface area contributed by atoms with Gasteiger partial charge >= 0.3 is 0 Å². The van der Waals surface area contributed by atoms with Gasteiger partial charge in [0.25, 0.3) is 0 Å². The van der Waals surface area contributed by atoms with Crippen LogP contribution < -0.4 is 5.32 Å². The molecule has 28 heavy (non-hydrogen) atoms. The summed E-state index contributed by atoms with van der Waals surface area (Å²) in [5, 5.41) is 2.88. The van der Waals surface area contributed by atoms with Crippen molar-refractivity contribution in [3.8, 4) is 0 Å². The van der Waals surface area contributed by atoms with Gasteiger partial charge in [-0.1, -0.05) is 54.6 Å². The van der Waals surface area contributed by atoms with E-state index in [0.29, 0.717) is 17.8 Å². The lowest BCUT2D eigenvalue weighted by atomic mass is 10.1. The second-order valence-corrected chi connectivity index (χ2v) is 7.04. The number of piperazine rings is 1. The van der Waals surface area contributed by atoms with Gasteiger partial charge in [-0.3, -0.25) is 19.4 Å². The normalized spacial score (nSPS) is 15.6. The van der Waals surface area contributed by atoms with Gasteiger partial charge in [-0.2, -0.15) is 0 Å². The summed E-state index contributed by atoms with van der Waals surface area (Å²) in [7, 11) is 0. The Balaban J connectivity index is 1.42. The van der Waals surface area contributed by atoms with Gasteiger partial charge in [0, 0.05) is 38.3 Å². The van der Waals surface area contributed by atoms with Crippen LogP contribution in [-0.2, 0) is 4.79 Å². The number of para-hydroxylation sites is 1. The molecule has 0 radical (unpaired) electrons. The Kier molecular flexibility index (Phi) is 7.12. The first-order chi connectivity index (χ1) is 13.6.